The van der Waals surface area contributed by atoms with Gasteiger partial charge in [-0.05, 0) is 30.5 Å². The van der Waals surface area contributed by atoms with Gasteiger partial charge in [0.05, 0.1) is 13.2 Å². The first-order valence-corrected chi connectivity index (χ1v) is 28.1. The van der Waals surface area contributed by atoms with Crippen molar-refractivity contribution in [3.8, 4) is 22.9 Å². The molecule has 0 unspecified atom stereocenters. The van der Waals surface area contributed by atoms with Crippen molar-refractivity contribution in [3.05, 3.63) is 36.7 Å². The van der Waals surface area contributed by atoms with Crippen LogP contribution < -0.4 is 9.47 Å². The summed E-state index contributed by atoms with van der Waals surface area (Å²) in [7, 11) is -2.96. The smallest absolute Gasteiger partial charge is 0.316 e. The number of hydrogen-bond donors (Lipinski definition) is 0. The molecule has 7 heteroatoms. The van der Waals surface area contributed by atoms with Gasteiger partial charge in [-0.3, -0.25) is 0 Å². The Morgan fingerprint density at radius 3 is 1.60 bits per heavy atom. The van der Waals surface area contributed by atoms with Gasteiger partial charge in [-0.25, -0.2) is 9.97 Å². The minimum absolute atomic E-state index is 0.463. The van der Waals surface area contributed by atoms with E-state index in [1.807, 2.05) is 24.5 Å². The first kappa shape index (κ1) is 37.7. The standard InChI is InChI=1S/C36H66N2O2Si3/c1-9-10-11-19-27-40-36-37-29-34(30-38-36)33-22-24-35(25-23-33)39-26-20-17-15-13-12-14-16-18-21-28-42(5,6)32-43(7,8)31-41(2,3)4/h22-25,29-30H,9-21,26-28,31-32H2,1-8H3. The molecule has 0 N–H and O–H groups in total. The third-order valence-electron chi connectivity index (χ3n) is 8.28. The maximum Gasteiger partial charge on any atom is 0.316 e. The largest absolute Gasteiger partial charge is 0.494 e. The van der Waals surface area contributed by atoms with Crippen LogP contribution in [0.3, 0.4) is 0 Å². The summed E-state index contributed by atoms with van der Waals surface area (Å²) in [6.07, 6.45) is 20.7. The number of benzene rings is 1. The van der Waals surface area contributed by atoms with E-state index in [0.29, 0.717) is 12.6 Å². The zero-order valence-corrected chi connectivity index (χ0v) is 32.4. The highest BCUT2D eigenvalue weighted by Gasteiger charge is 2.34. The molecule has 4 nitrogen and oxygen atoms in total. The molecule has 244 valence electrons. The van der Waals surface area contributed by atoms with E-state index >= 15 is 0 Å². The van der Waals surface area contributed by atoms with Gasteiger partial charge in [0.15, 0.2) is 0 Å². The molecule has 0 aliphatic carbocycles. The van der Waals surface area contributed by atoms with Crippen LogP contribution in [-0.2, 0) is 0 Å². The number of unbranched alkanes of at least 4 members (excludes halogenated alkanes) is 11. The molecule has 0 spiro atoms. The number of nitrogens with zero attached hydrogens (tertiary/aromatic N) is 2. The van der Waals surface area contributed by atoms with Crippen LogP contribution in [0.2, 0.25) is 63.2 Å². The molecule has 43 heavy (non-hydrogen) atoms. The number of rotatable bonds is 24. The Labute approximate surface area is 269 Å². The lowest BCUT2D eigenvalue weighted by Crippen LogP contribution is -2.44. The Morgan fingerprint density at radius 1 is 0.535 bits per heavy atom. The monoisotopic (exact) mass is 642 g/mol. The van der Waals surface area contributed by atoms with Crippen molar-refractivity contribution in [2.75, 3.05) is 13.2 Å². The predicted octanol–water partition coefficient (Wildman–Crippen LogP) is 11.8. The molecule has 0 radical (unpaired) electrons. The molecule has 0 saturated carbocycles. The maximum atomic E-state index is 6.00. The molecule has 0 bridgehead atoms. The van der Waals surface area contributed by atoms with Gasteiger partial charge in [-0.1, -0.05) is 153 Å². The van der Waals surface area contributed by atoms with Gasteiger partial charge < -0.3 is 9.47 Å². The average Bonchev–Trinajstić information content (AvgIpc) is 2.92. The second-order valence-corrected chi connectivity index (χ2v) is 32.8. The Kier molecular flexibility index (Phi) is 17.4. The van der Waals surface area contributed by atoms with Crippen molar-refractivity contribution in [3.63, 3.8) is 0 Å². The van der Waals surface area contributed by atoms with Crippen molar-refractivity contribution in [1.82, 2.24) is 9.97 Å². The zero-order chi connectivity index (χ0) is 31.6. The topological polar surface area (TPSA) is 44.2 Å². The van der Waals surface area contributed by atoms with Gasteiger partial charge in [0.25, 0.3) is 0 Å². The number of hydrogen-bond acceptors (Lipinski definition) is 4. The summed E-state index contributed by atoms with van der Waals surface area (Å²) in [4.78, 5) is 8.74. The minimum Gasteiger partial charge on any atom is -0.494 e. The fourth-order valence-electron chi connectivity index (χ4n) is 6.99. The van der Waals surface area contributed by atoms with Crippen LogP contribution in [0.15, 0.2) is 36.7 Å². The van der Waals surface area contributed by atoms with E-state index in [-0.39, 0.29) is 0 Å². The van der Waals surface area contributed by atoms with Gasteiger partial charge in [-0.2, -0.15) is 0 Å². The van der Waals surface area contributed by atoms with Crippen molar-refractivity contribution in [1.29, 1.82) is 0 Å². The van der Waals surface area contributed by atoms with Gasteiger partial charge in [0, 0.05) is 42.2 Å². The molecule has 2 aromatic rings. The van der Waals surface area contributed by atoms with E-state index in [0.717, 1.165) is 36.3 Å². The lowest BCUT2D eigenvalue weighted by Gasteiger charge is -2.36. The van der Waals surface area contributed by atoms with Crippen LogP contribution in [0.5, 0.6) is 11.8 Å². The fourth-order valence-corrected chi connectivity index (χ4v) is 32.4. The lowest BCUT2D eigenvalue weighted by atomic mass is 10.1. The highest BCUT2D eigenvalue weighted by atomic mass is 28.4. The Bertz CT molecular complexity index is 989. The van der Waals surface area contributed by atoms with Crippen LogP contribution in [-0.4, -0.2) is 47.4 Å². The Morgan fingerprint density at radius 2 is 1.05 bits per heavy atom. The van der Waals surface area contributed by atoms with Crippen molar-refractivity contribution >= 4 is 24.2 Å². The van der Waals surface area contributed by atoms with Crippen LogP contribution >= 0.6 is 0 Å². The van der Waals surface area contributed by atoms with E-state index in [9.17, 15) is 0 Å². The summed E-state index contributed by atoms with van der Waals surface area (Å²) in [5.41, 5.74) is 5.33. The summed E-state index contributed by atoms with van der Waals surface area (Å²) in [5.74, 6) is 0.935. The molecule has 1 aromatic heterocycles. The molecule has 1 heterocycles. The Hall–Kier alpha value is -1.45. The van der Waals surface area contributed by atoms with E-state index in [1.54, 1.807) is 17.4 Å². The van der Waals surface area contributed by atoms with Crippen LogP contribution in [0, 0.1) is 0 Å². The lowest BCUT2D eigenvalue weighted by molar-refractivity contribution is 0.282. The molecule has 1 aromatic carbocycles. The Balaban J connectivity index is 1.49. The number of ether oxygens (including phenoxy) is 2. The van der Waals surface area contributed by atoms with Crippen LogP contribution in [0.1, 0.15) is 90.4 Å². The van der Waals surface area contributed by atoms with E-state index in [2.05, 4.69) is 74.9 Å². The zero-order valence-electron chi connectivity index (χ0n) is 29.4. The number of aromatic nitrogens is 2. The van der Waals surface area contributed by atoms with Gasteiger partial charge >= 0.3 is 6.01 Å². The van der Waals surface area contributed by atoms with Crippen molar-refractivity contribution in [2.24, 2.45) is 0 Å². The van der Waals surface area contributed by atoms with E-state index in [1.165, 1.54) is 70.6 Å². The van der Waals surface area contributed by atoms with Gasteiger partial charge in [-0.15, -0.1) is 0 Å². The molecule has 0 aliphatic heterocycles. The molecule has 0 aliphatic rings. The van der Waals surface area contributed by atoms with Gasteiger partial charge in [0.2, 0.25) is 0 Å². The summed E-state index contributed by atoms with van der Waals surface area (Å²) in [5, 5.41) is 0. The summed E-state index contributed by atoms with van der Waals surface area (Å²) >= 11 is 0. The third kappa shape index (κ3) is 18.2. The first-order chi connectivity index (χ1) is 20.4. The average molecular weight is 643 g/mol. The predicted molar refractivity (Wildman–Crippen MR) is 197 cm³/mol. The molecule has 0 fully saturated rings. The third-order valence-corrected chi connectivity index (χ3v) is 25.7. The highest BCUT2D eigenvalue weighted by molar-refractivity contribution is 7.02. The van der Waals surface area contributed by atoms with Gasteiger partial charge in [0.1, 0.15) is 5.75 Å². The summed E-state index contributed by atoms with van der Waals surface area (Å²) < 4.78 is 11.7. The summed E-state index contributed by atoms with van der Waals surface area (Å²) in [6.45, 7) is 22.1. The second-order valence-electron chi connectivity index (χ2n) is 15.7. The fraction of sp³-hybridized carbons (Fsp3) is 0.722. The summed E-state index contributed by atoms with van der Waals surface area (Å²) in [6, 6.07) is 10.3. The second kappa shape index (κ2) is 19.8. The minimum atomic E-state index is -1.02. The first-order valence-electron chi connectivity index (χ1n) is 17.6. The molecule has 2 rings (SSSR count). The quantitative estimate of drug-likeness (QED) is 0.0844. The van der Waals surface area contributed by atoms with Crippen molar-refractivity contribution in [2.45, 2.75) is 154 Å². The van der Waals surface area contributed by atoms with E-state index < -0.39 is 24.2 Å². The SMILES string of the molecule is CCCCCCOc1ncc(-c2ccc(OCCCCCCCCCCC[Si](C)(C)C[Si](C)(C)C[Si](C)(C)C)cc2)cn1. The molecular formula is C36H66N2O2Si3. The molecular weight excluding hydrogens is 577 g/mol. The molecule has 0 atom stereocenters. The molecule has 0 saturated heterocycles. The van der Waals surface area contributed by atoms with Crippen molar-refractivity contribution < 1.29 is 9.47 Å². The maximum absolute atomic E-state index is 6.00. The van der Waals surface area contributed by atoms with E-state index in [4.69, 9.17) is 9.47 Å². The highest BCUT2D eigenvalue weighted by Crippen LogP contribution is 2.31. The van der Waals surface area contributed by atoms with Crippen LogP contribution in [0.25, 0.3) is 11.1 Å². The normalized spacial score (nSPS) is 12.5. The molecule has 0 amide bonds. The van der Waals surface area contributed by atoms with Crippen LogP contribution in [0.4, 0.5) is 0 Å².